The lowest BCUT2D eigenvalue weighted by molar-refractivity contribution is -0.163. The molecule has 2 aliphatic rings. The Balaban J connectivity index is 2.00. The fraction of sp³-hybridized carbons (Fsp3) is 0.529. The van der Waals surface area contributed by atoms with Gasteiger partial charge in [0.05, 0.1) is 12.2 Å². The lowest BCUT2D eigenvalue weighted by atomic mass is 9.93. The largest absolute Gasteiger partial charge is 0.487 e. The highest BCUT2D eigenvalue weighted by Gasteiger charge is 2.44. The number of hydrogen-bond acceptors (Lipinski definition) is 4. The third-order valence-electron chi connectivity index (χ3n) is 3.93. The molecule has 0 aromatic heterocycles. The van der Waals surface area contributed by atoms with Crippen LogP contribution >= 0.6 is 15.9 Å². The van der Waals surface area contributed by atoms with E-state index in [1.165, 1.54) is 0 Å². The standard InChI is InChI=1S/C17H21BrO4/c1-11(2)9-17(20-6-7-21-17)14-4-5-15(18)13-8-12(10-19-3)22-16(13)14/h4-7,11-12H,8-10H2,1-3H3. The van der Waals surface area contributed by atoms with Crippen LogP contribution in [0.15, 0.2) is 29.1 Å². The van der Waals surface area contributed by atoms with Crippen molar-refractivity contribution in [2.45, 2.75) is 38.6 Å². The fourth-order valence-electron chi connectivity index (χ4n) is 3.12. The summed E-state index contributed by atoms with van der Waals surface area (Å²) in [6.07, 6.45) is 4.83. The van der Waals surface area contributed by atoms with Crippen molar-refractivity contribution in [2.75, 3.05) is 13.7 Å². The van der Waals surface area contributed by atoms with E-state index in [9.17, 15) is 0 Å². The van der Waals surface area contributed by atoms with Gasteiger partial charge < -0.3 is 18.9 Å². The molecule has 0 N–H and O–H groups in total. The average molecular weight is 369 g/mol. The molecule has 1 aromatic carbocycles. The number of fused-ring (bicyclic) bond motifs is 1. The van der Waals surface area contributed by atoms with Crippen molar-refractivity contribution < 1.29 is 18.9 Å². The molecule has 0 bridgehead atoms. The van der Waals surface area contributed by atoms with Crippen molar-refractivity contribution in [2.24, 2.45) is 5.92 Å². The Kier molecular flexibility index (Phi) is 4.37. The van der Waals surface area contributed by atoms with Crippen LogP contribution in [-0.2, 0) is 26.4 Å². The van der Waals surface area contributed by atoms with Crippen LogP contribution in [0.3, 0.4) is 0 Å². The van der Waals surface area contributed by atoms with E-state index >= 15 is 0 Å². The minimum Gasteiger partial charge on any atom is -0.487 e. The average Bonchev–Trinajstić information content (AvgIpc) is 3.07. The van der Waals surface area contributed by atoms with Crippen molar-refractivity contribution in [3.05, 3.63) is 40.3 Å². The minimum absolute atomic E-state index is 0.0305. The van der Waals surface area contributed by atoms with E-state index in [0.717, 1.165) is 34.2 Å². The highest BCUT2D eigenvalue weighted by Crippen LogP contribution is 2.47. The first-order chi connectivity index (χ1) is 10.6. The molecule has 1 atom stereocenters. The normalized spacial score (nSPS) is 21.4. The van der Waals surface area contributed by atoms with Crippen LogP contribution in [0.4, 0.5) is 0 Å². The van der Waals surface area contributed by atoms with Gasteiger partial charge in [-0.1, -0.05) is 29.8 Å². The number of benzene rings is 1. The molecular formula is C17H21BrO4. The maximum absolute atomic E-state index is 6.14. The van der Waals surface area contributed by atoms with Crippen LogP contribution in [0.5, 0.6) is 5.75 Å². The van der Waals surface area contributed by atoms with Crippen molar-refractivity contribution in [3.8, 4) is 5.75 Å². The number of hydrogen-bond donors (Lipinski definition) is 0. The lowest BCUT2D eigenvalue weighted by Gasteiger charge is -2.31. The summed E-state index contributed by atoms with van der Waals surface area (Å²) in [6.45, 7) is 4.87. The summed E-state index contributed by atoms with van der Waals surface area (Å²) in [5.41, 5.74) is 2.10. The van der Waals surface area contributed by atoms with Crippen LogP contribution in [0.1, 0.15) is 31.4 Å². The second-order valence-electron chi connectivity index (χ2n) is 6.16. The Morgan fingerprint density at radius 1 is 1.32 bits per heavy atom. The lowest BCUT2D eigenvalue weighted by Crippen LogP contribution is -2.30. The van der Waals surface area contributed by atoms with Gasteiger partial charge in [-0.3, -0.25) is 0 Å². The van der Waals surface area contributed by atoms with Crippen molar-refractivity contribution in [3.63, 3.8) is 0 Å². The molecule has 22 heavy (non-hydrogen) atoms. The summed E-state index contributed by atoms with van der Waals surface area (Å²) in [5, 5.41) is 0. The van der Waals surface area contributed by atoms with E-state index in [4.69, 9.17) is 18.9 Å². The van der Waals surface area contributed by atoms with Crippen LogP contribution in [0.2, 0.25) is 0 Å². The summed E-state index contributed by atoms with van der Waals surface area (Å²) in [4.78, 5) is 0. The second-order valence-corrected chi connectivity index (χ2v) is 7.02. The molecule has 0 saturated heterocycles. The molecule has 2 heterocycles. The quantitative estimate of drug-likeness (QED) is 0.783. The van der Waals surface area contributed by atoms with E-state index in [0.29, 0.717) is 12.5 Å². The van der Waals surface area contributed by atoms with Crippen LogP contribution in [-0.4, -0.2) is 19.8 Å². The first-order valence-corrected chi connectivity index (χ1v) is 8.33. The molecule has 1 aromatic rings. The molecule has 0 amide bonds. The zero-order chi connectivity index (χ0) is 15.7. The number of ether oxygens (including phenoxy) is 4. The van der Waals surface area contributed by atoms with Crippen molar-refractivity contribution in [1.29, 1.82) is 0 Å². The highest BCUT2D eigenvalue weighted by atomic mass is 79.9. The molecule has 0 spiro atoms. The van der Waals surface area contributed by atoms with Crippen LogP contribution < -0.4 is 4.74 Å². The molecule has 3 rings (SSSR count). The van der Waals surface area contributed by atoms with Gasteiger partial charge in [0.15, 0.2) is 0 Å². The van der Waals surface area contributed by atoms with Gasteiger partial charge in [-0.2, -0.15) is 0 Å². The SMILES string of the molecule is COCC1Cc2c(Br)ccc(C3(CC(C)C)OC=CO3)c2O1. The fourth-order valence-corrected chi connectivity index (χ4v) is 3.59. The molecule has 4 nitrogen and oxygen atoms in total. The van der Waals surface area contributed by atoms with Gasteiger partial charge >= 0.3 is 0 Å². The van der Waals surface area contributed by atoms with Gasteiger partial charge in [0.1, 0.15) is 24.4 Å². The van der Waals surface area contributed by atoms with E-state index in [-0.39, 0.29) is 6.10 Å². The molecule has 0 saturated carbocycles. The van der Waals surface area contributed by atoms with Gasteiger partial charge in [-0.25, -0.2) is 0 Å². The topological polar surface area (TPSA) is 36.9 Å². The molecule has 120 valence electrons. The number of methoxy groups -OCH3 is 1. The number of rotatable bonds is 5. The van der Waals surface area contributed by atoms with Gasteiger partial charge in [0, 0.05) is 30.0 Å². The third kappa shape index (κ3) is 2.72. The van der Waals surface area contributed by atoms with Gasteiger partial charge in [0.25, 0.3) is 5.79 Å². The van der Waals surface area contributed by atoms with Gasteiger partial charge in [-0.15, -0.1) is 0 Å². The maximum Gasteiger partial charge on any atom is 0.280 e. The van der Waals surface area contributed by atoms with Gasteiger partial charge in [-0.05, 0) is 18.1 Å². The first kappa shape index (κ1) is 15.7. The summed E-state index contributed by atoms with van der Waals surface area (Å²) >= 11 is 3.62. The van der Waals surface area contributed by atoms with Gasteiger partial charge in [0.2, 0.25) is 0 Å². The Bertz CT molecular complexity index is 574. The van der Waals surface area contributed by atoms with Crippen LogP contribution in [0.25, 0.3) is 0 Å². The Morgan fingerprint density at radius 2 is 2.05 bits per heavy atom. The predicted molar refractivity (Wildman–Crippen MR) is 86.6 cm³/mol. The first-order valence-electron chi connectivity index (χ1n) is 7.54. The predicted octanol–water partition coefficient (Wildman–Crippen LogP) is 4.12. The summed E-state index contributed by atoms with van der Waals surface area (Å²) < 4.78 is 24.2. The molecule has 2 aliphatic heterocycles. The molecule has 1 unspecified atom stereocenters. The van der Waals surface area contributed by atoms with E-state index in [1.807, 2.05) is 12.1 Å². The molecule has 0 aliphatic carbocycles. The minimum atomic E-state index is -0.791. The summed E-state index contributed by atoms with van der Waals surface area (Å²) in [5.74, 6) is 0.497. The van der Waals surface area contributed by atoms with Crippen molar-refractivity contribution in [1.82, 2.24) is 0 Å². The van der Waals surface area contributed by atoms with E-state index < -0.39 is 5.79 Å². The monoisotopic (exact) mass is 368 g/mol. The Hall–Kier alpha value is -1.20. The summed E-state index contributed by atoms with van der Waals surface area (Å²) in [6, 6.07) is 4.06. The van der Waals surface area contributed by atoms with E-state index in [2.05, 4.69) is 29.8 Å². The Morgan fingerprint density at radius 3 is 2.68 bits per heavy atom. The molecule has 0 fully saturated rings. The zero-order valence-corrected chi connectivity index (χ0v) is 14.7. The van der Waals surface area contributed by atoms with Crippen LogP contribution in [0, 0.1) is 5.92 Å². The van der Waals surface area contributed by atoms with E-state index in [1.54, 1.807) is 19.6 Å². The smallest absolute Gasteiger partial charge is 0.280 e. The summed E-state index contributed by atoms with van der Waals surface area (Å²) in [7, 11) is 1.69. The zero-order valence-electron chi connectivity index (χ0n) is 13.1. The third-order valence-corrected chi connectivity index (χ3v) is 4.67. The molecular weight excluding hydrogens is 348 g/mol. The molecule has 0 radical (unpaired) electrons. The highest BCUT2D eigenvalue weighted by molar-refractivity contribution is 9.10. The Labute approximate surface area is 139 Å². The number of halogens is 1. The maximum atomic E-state index is 6.14. The van der Waals surface area contributed by atoms with Crippen molar-refractivity contribution >= 4 is 15.9 Å². The molecule has 5 heteroatoms. The second kappa shape index (κ2) is 6.13.